The number of nitrogen functional groups attached to an aromatic ring is 1. The van der Waals surface area contributed by atoms with E-state index in [0.717, 1.165) is 31.4 Å². The Bertz CT molecular complexity index is 316. The van der Waals surface area contributed by atoms with Gasteiger partial charge in [-0.05, 0) is 31.6 Å². The smallest absolute Gasteiger partial charge is 0.0719 e. The molecule has 1 aromatic heterocycles. The molecule has 1 atom stereocenters. The van der Waals surface area contributed by atoms with E-state index in [1.165, 1.54) is 38.5 Å². The number of hydrogen-bond donors (Lipinski definition) is 1. The molecule has 96 valence electrons. The van der Waals surface area contributed by atoms with Crippen LogP contribution in [0.3, 0.4) is 0 Å². The van der Waals surface area contributed by atoms with E-state index in [1.54, 1.807) is 6.20 Å². The average Bonchev–Trinajstić information content (AvgIpc) is 2.59. The molecule has 4 nitrogen and oxygen atoms in total. The van der Waals surface area contributed by atoms with Gasteiger partial charge in [0.15, 0.2) is 0 Å². The van der Waals surface area contributed by atoms with Crippen LogP contribution in [0.5, 0.6) is 0 Å². The summed E-state index contributed by atoms with van der Waals surface area (Å²) in [5.41, 5.74) is 6.38. The third-order valence-corrected chi connectivity index (χ3v) is 3.47. The summed E-state index contributed by atoms with van der Waals surface area (Å²) in [6.07, 6.45) is 11.2. The number of ether oxygens (including phenoxy) is 1. The number of hydrogen-bond acceptors (Lipinski definition) is 3. The molecule has 1 aliphatic heterocycles. The molecule has 1 fully saturated rings. The minimum Gasteiger partial charge on any atom is -0.396 e. The molecule has 1 unspecified atom stereocenters. The van der Waals surface area contributed by atoms with E-state index in [9.17, 15) is 0 Å². The zero-order valence-corrected chi connectivity index (χ0v) is 10.5. The second-order valence-corrected chi connectivity index (χ2v) is 4.94. The van der Waals surface area contributed by atoms with E-state index < -0.39 is 0 Å². The third-order valence-electron chi connectivity index (χ3n) is 3.47. The van der Waals surface area contributed by atoms with Gasteiger partial charge in [-0.1, -0.05) is 12.8 Å². The first-order valence-electron chi connectivity index (χ1n) is 6.70. The van der Waals surface area contributed by atoms with Gasteiger partial charge in [0.25, 0.3) is 0 Å². The molecule has 2 N–H and O–H groups in total. The van der Waals surface area contributed by atoms with Gasteiger partial charge >= 0.3 is 0 Å². The lowest BCUT2D eigenvalue weighted by Crippen LogP contribution is -2.03. The van der Waals surface area contributed by atoms with Crippen molar-refractivity contribution in [2.24, 2.45) is 5.92 Å². The zero-order valence-electron chi connectivity index (χ0n) is 10.5. The molecule has 0 aliphatic carbocycles. The molecule has 17 heavy (non-hydrogen) atoms. The fraction of sp³-hybridized carbons (Fsp3) is 0.769. The van der Waals surface area contributed by atoms with Crippen molar-refractivity contribution in [3.05, 3.63) is 12.4 Å². The molecule has 1 aromatic rings. The summed E-state index contributed by atoms with van der Waals surface area (Å²) >= 11 is 0. The van der Waals surface area contributed by atoms with Crippen molar-refractivity contribution in [1.82, 2.24) is 9.78 Å². The Morgan fingerprint density at radius 2 is 2.29 bits per heavy atom. The van der Waals surface area contributed by atoms with Gasteiger partial charge in [0.05, 0.1) is 11.9 Å². The van der Waals surface area contributed by atoms with Crippen LogP contribution in [0, 0.1) is 5.92 Å². The largest absolute Gasteiger partial charge is 0.396 e. The fourth-order valence-corrected chi connectivity index (χ4v) is 2.47. The van der Waals surface area contributed by atoms with Crippen LogP contribution in [-0.4, -0.2) is 23.0 Å². The van der Waals surface area contributed by atoms with Crippen molar-refractivity contribution >= 4 is 5.69 Å². The Kier molecular flexibility index (Phi) is 4.86. The Morgan fingerprint density at radius 3 is 3.12 bits per heavy atom. The van der Waals surface area contributed by atoms with Gasteiger partial charge in [0.2, 0.25) is 0 Å². The molecule has 0 bridgehead atoms. The first-order valence-corrected chi connectivity index (χ1v) is 6.70. The van der Waals surface area contributed by atoms with Crippen molar-refractivity contribution in [1.29, 1.82) is 0 Å². The summed E-state index contributed by atoms with van der Waals surface area (Å²) in [5, 5.41) is 4.19. The third kappa shape index (κ3) is 4.38. The Balaban J connectivity index is 1.59. The van der Waals surface area contributed by atoms with Crippen LogP contribution < -0.4 is 5.73 Å². The van der Waals surface area contributed by atoms with Crippen LogP contribution in [0.25, 0.3) is 0 Å². The molecule has 2 rings (SSSR count). The normalized spacial score (nSPS) is 21.3. The highest BCUT2D eigenvalue weighted by atomic mass is 16.5. The molecule has 0 radical (unpaired) electrons. The van der Waals surface area contributed by atoms with Crippen molar-refractivity contribution in [3.63, 3.8) is 0 Å². The molecule has 0 amide bonds. The monoisotopic (exact) mass is 237 g/mol. The van der Waals surface area contributed by atoms with Gasteiger partial charge < -0.3 is 10.5 Å². The quantitative estimate of drug-likeness (QED) is 0.800. The molecule has 0 spiro atoms. The van der Waals surface area contributed by atoms with E-state index in [1.807, 2.05) is 10.9 Å². The predicted octanol–water partition coefficient (Wildman–Crippen LogP) is 2.45. The van der Waals surface area contributed by atoms with Crippen LogP contribution in [0.4, 0.5) is 5.69 Å². The average molecular weight is 237 g/mol. The minimum absolute atomic E-state index is 0.755. The van der Waals surface area contributed by atoms with E-state index in [0.29, 0.717) is 0 Å². The lowest BCUT2D eigenvalue weighted by atomic mass is 9.94. The maximum Gasteiger partial charge on any atom is 0.0719 e. The van der Waals surface area contributed by atoms with Crippen molar-refractivity contribution in [3.8, 4) is 0 Å². The van der Waals surface area contributed by atoms with Crippen LogP contribution in [-0.2, 0) is 11.3 Å². The Hall–Kier alpha value is -1.03. The standard InChI is InChI=1S/C13H23N3O/c14-13-10-15-16(11-13)7-2-1-4-12-5-3-8-17-9-6-12/h10-12H,1-9,14H2. The topological polar surface area (TPSA) is 53.1 Å². The number of aryl methyl sites for hydroxylation is 1. The van der Waals surface area contributed by atoms with E-state index >= 15 is 0 Å². The molecule has 1 aliphatic rings. The molecule has 0 aromatic carbocycles. The lowest BCUT2D eigenvalue weighted by molar-refractivity contribution is 0.141. The van der Waals surface area contributed by atoms with Crippen molar-refractivity contribution in [2.45, 2.75) is 45.1 Å². The van der Waals surface area contributed by atoms with Gasteiger partial charge in [-0.15, -0.1) is 0 Å². The number of rotatable bonds is 5. The summed E-state index contributed by atoms with van der Waals surface area (Å²) in [5.74, 6) is 0.875. The molecule has 2 heterocycles. The maximum absolute atomic E-state index is 5.62. The van der Waals surface area contributed by atoms with Gasteiger partial charge in [0.1, 0.15) is 0 Å². The minimum atomic E-state index is 0.755. The first kappa shape index (κ1) is 12.4. The Morgan fingerprint density at radius 1 is 1.35 bits per heavy atom. The van der Waals surface area contributed by atoms with Gasteiger partial charge in [-0.25, -0.2) is 0 Å². The van der Waals surface area contributed by atoms with E-state index in [4.69, 9.17) is 10.5 Å². The van der Waals surface area contributed by atoms with Crippen LogP contribution in [0.2, 0.25) is 0 Å². The zero-order chi connectivity index (χ0) is 11.9. The number of nitrogens with two attached hydrogens (primary N) is 1. The maximum atomic E-state index is 5.62. The summed E-state index contributed by atoms with van der Waals surface area (Å²) in [7, 11) is 0. The second-order valence-electron chi connectivity index (χ2n) is 4.94. The molecule has 4 heteroatoms. The number of nitrogens with zero attached hydrogens (tertiary/aromatic N) is 2. The number of aromatic nitrogens is 2. The SMILES string of the molecule is Nc1cnn(CCCCC2CCCOCC2)c1. The summed E-state index contributed by atoms with van der Waals surface area (Å²) in [6, 6.07) is 0. The predicted molar refractivity (Wildman–Crippen MR) is 68.7 cm³/mol. The fourth-order valence-electron chi connectivity index (χ4n) is 2.47. The van der Waals surface area contributed by atoms with E-state index in [-0.39, 0.29) is 0 Å². The van der Waals surface area contributed by atoms with E-state index in [2.05, 4.69) is 5.10 Å². The molecular formula is C13H23N3O. The first-order chi connectivity index (χ1) is 8.34. The highest BCUT2D eigenvalue weighted by Gasteiger charge is 2.11. The van der Waals surface area contributed by atoms with Crippen molar-refractivity contribution < 1.29 is 4.74 Å². The number of unbranched alkanes of at least 4 members (excludes halogenated alkanes) is 1. The highest BCUT2D eigenvalue weighted by Crippen LogP contribution is 2.21. The summed E-state index contributed by atoms with van der Waals surface area (Å²) in [6.45, 7) is 2.91. The van der Waals surface area contributed by atoms with Crippen LogP contribution in [0.15, 0.2) is 12.4 Å². The van der Waals surface area contributed by atoms with Gasteiger partial charge in [-0.2, -0.15) is 5.10 Å². The van der Waals surface area contributed by atoms with Crippen LogP contribution in [0.1, 0.15) is 38.5 Å². The van der Waals surface area contributed by atoms with Gasteiger partial charge in [-0.3, -0.25) is 4.68 Å². The van der Waals surface area contributed by atoms with Gasteiger partial charge in [0, 0.05) is 26.0 Å². The molecule has 0 saturated carbocycles. The summed E-state index contributed by atoms with van der Waals surface area (Å²) in [4.78, 5) is 0. The lowest BCUT2D eigenvalue weighted by Gasteiger charge is -2.12. The summed E-state index contributed by atoms with van der Waals surface area (Å²) < 4.78 is 7.41. The number of anilines is 1. The molecule has 1 saturated heterocycles. The van der Waals surface area contributed by atoms with Crippen molar-refractivity contribution in [2.75, 3.05) is 18.9 Å². The molecular weight excluding hydrogens is 214 g/mol. The highest BCUT2D eigenvalue weighted by molar-refractivity contribution is 5.30. The Labute approximate surface area is 103 Å². The second kappa shape index (κ2) is 6.64. The van der Waals surface area contributed by atoms with Crippen LogP contribution >= 0.6 is 0 Å².